The molecule has 12 nitrogen and oxygen atoms in total. The number of rotatable bonds is 12. The lowest BCUT2D eigenvalue weighted by atomic mass is 10.2. The predicted molar refractivity (Wildman–Crippen MR) is 176 cm³/mol. The molecule has 0 unspecified atom stereocenters. The zero-order chi connectivity index (χ0) is 34.5. The van der Waals surface area contributed by atoms with Crippen molar-refractivity contribution in [1.82, 2.24) is 0 Å². The van der Waals surface area contributed by atoms with Gasteiger partial charge in [0.1, 0.15) is 29.3 Å². The molecule has 0 aliphatic heterocycles. The smallest absolute Gasteiger partial charge is 0.412 e. The van der Waals surface area contributed by atoms with Gasteiger partial charge < -0.3 is 39.0 Å². The van der Waals surface area contributed by atoms with Crippen molar-refractivity contribution in [2.75, 3.05) is 62.8 Å². The molecule has 0 aliphatic rings. The number of hydrogen-bond donors (Lipinski definition) is 5. The Labute approximate surface area is 279 Å². The fraction of sp³-hybridized carbons (Fsp3) is 0.533. The van der Waals surface area contributed by atoms with Crippen LogP contribution in [0.15, 0.2) is 36.4 Å². The summed E-state index contributed by atoms with van der Waals surface area (Å²) in [6, 6.07) is 9.31. The Bertz CT molecular complexity index is 1140. The molecular weight excluding hydrogens is 655 g/mol. The van der Waals surface area contributed by atoms with Crippen molar-refractivity contribution < 1.29 is 48.6 Å². The van der Waals surface area contributed by atoms with E-state index in [2.05, 4.69) is 10.6 Å². The summed E-state index contributed by atoms with van der Waals surface area (Å²) in [5, 5.41) is 31.8. The second-order valence-electron chi connectivity index (χ2n) is 10.8. The molecule has 0 heterocycles. The third kappa shape index (κ3) is 23.3. The van der Waals surface area contributed by atoms with Gasteiger partial charge in [0.25, 0.3) is 0 Å². The summed E-state index contributed by atoms with van der Waals surface area (Å²) in [6.45, 7) is 12.5. The third-order valence-corrected chi connectivity index (χ3v) is 5.13. The van der Waals surface area contributed by atoms with Crippen molar-refractivity contribution >= 4 is 58.4 Å². The molecule has 2 aromatic carbocycles. The molecule has 15 heteroatoms. The lowest BCUT2D eigenvalue weighted by Gasteiger charge is -2.20. The van der Waals surface area contributed by atoms with Crippen molar-refractivity contribution in [3.8, 4) is 11.5 Å². The highest BCUT2D eigenvalue weighted by atomic mass is 35.5. The van der Waals surface area contributed by atoms with Gasteiger partial charge in [-0.05, 0) is 65.8 Å². The number of anilines is 2. The van der Waals surface area contributed by atoms with Crippen molar-refractivity contribution in [2.45, 2.75) is 52.7 Å². The molecule has 2 aromatic rings. The van der Waals surface area contributed by atoms with Gasteiger partial charge in [-0.3, -0.25) is 10.6 Å². The second kappa shape index (κ2) is 22.7. The summed E-state index contributed by atoms with van der Waals surface area (Å²) < 4.78 is 25.5. The molecule has 0 saturated carbocycles. The Balaban J connectivity index is 0.000000733. The van der Waals surface area contributed by atoms with E-state index >= 15 is 0 Å². The molecule has 0 aromatic heterocycles. The van der Waals surface area contributed by atoms with Gasteiger partial charge in [0.05, 0.1) is 49.7 Å². The summed E-state index contributed by atoms with van der Waals surface area (Å²) in [4.78, 5) is 23.1. The quantitative estimate of drug-likeness (QED) is 0.119. The lowest BCUT2D eigenvalue weighted by molar-refractivity contribution is 0.0624. The maximum atomic E-state index is 11.7. The highest BCUT2D eigenvalue weighted by molar-refractivity contribution is 6.32. The molecule has 0 radical (unpaired) electrons. The number of phenols is 1. The first-order valence-electron chi connectivity index (χ1n) is 13.8. The third-order valence-electron chi connectivity index (χ3n) is 4.35. The minimum atomic E-state index is -0.575. The molecule has 2 amide bonds. The van der Waals surface area contributed by atoms with Crippen LogP contribution in [0.25, 0.3) is 0 Å². The monoisotopic (exact) mass is 698 g/mol. The molecule has 0 atom stereocenters. The van der Waals surface area contributed by atoms with Crippen LogP contribution in [0.3, 0.4) is 0 Å². The number of aliphatic hydroxyl groups excluding tert-OH is 2. The highest BCUT2D eigenvalue weighted by Crippen LogP contribution is 2.28. The number of aliphatic hydroxyl groups is 2. The van der Waals surface area contributed by atoms with Gasteiger partial charge in [0, 0.05) is 29.4 Å². The predicted octanol–water partition coefficient (Wildman–Crippen LogP) is 6.70. The number of benzene rings is 2. The van der Waals surface area contributed by atoms with Gasteiger partial charge >= 0.3 is 12.2 Å². The first kappa shape index (κ1) is 42.3. The van der Waals surface area contributed by atoms with Crippen LogP contribution in [0.5, 0.6) is 11.5 Å². The van der Waals surface area contributed by atoms with E-state index < -0.39 is 23.4 Å². The Morgan fingerprint density at radius 2 is 1.18 bits per heavy atom. The molecule has 0 bridgehead atoms. The van der Waals surface area contributed by atoms with Gasteiger partial charge in [0.15, 0.2) is 0 Å². The van der Waals surface area contributed by atoms with E-state index in [1.54, 1.807) is 65.8 Å². The lowest BCUT2D eigenvalue weighted by Crippen LogP contribution is -2.27. The van der Waals surface area contributed by atoms with E-state index in [0.717, 1.165) is 0 Å². The average Bonchev–Trinajstić information content (AvgIpc) is 2.91. The van der Waals surface area contributed by atoms with Gasteiger partial charge in [-0.15, -0.1) is 11.6 Å². The largest absolute Gasteiger partial charge is 0.506 e. The number of hydrogen-bond acceptors (Lipinski definition) is 10. The number of phenolic OH excluding ortho intramolecular Hbond substituents is 1. The summed E-state index contributed by atoms with van der Waals surface area (Å²) in [5.74, 6) is 0.845. The zero-order valence-electron chi connectivity index (χ0n) is 26.5. The minimum absolute atomic E-state index is 0.0317. The van der Waals surface area contributed by atoms with Crippen LogP contribution >= 0.6 is 34.8 Å². The number of carbonyl (C=O) groups excluding carboxylic acids is 2. The standard InChI is InChI=1S/C15H22ClNO5.C11H14ClNO3.C4H9ClO2/c1-15(2,3)22-14(19)17-11-4-5-12(16)13(10-11)21-9-8-20-7-6-18;1-11(2,3)16-10(15)13-7-4-5-8(12)9(14)6-7;5-1-3-7-4-2-6/h4-5,10,18H,6-9H2,1-3H3,(H,17,19);4-6,14H,1-3H3,(H,13,15);6H,1-4H2. The number of amides is 2. The molecule has 0 fully saturated rings. The first-order valence-corrected chi connectivity index (χ1v) is 15.1. The SMILES string of the molecule is CC(C)(C)OC(=O)Nc1ccc(Cl)c(O)c1.CC(C)(C)OC(=O)Nc1ccc(Cl)c(OCCOCCO)c1.OCCOCCCl. The van der Waals surface area contributed by atoms with Crippen molar-refractivity contribution in [1.29, 1.82) is 0 Å². The van der Waals surface area contributed by atoms with Crippen LogP contribution in [0, 0.1) is 0 Å². The Morgan fingerprint density at radius 1 is 0.711 bits per heavy atom. The molecule has 0 saturated heterocycles. The van der Waals surface area contributed by atoms with Gasteiger partial charge in [0.2, 0.25) is 0 Å². The number of alkyl halides is 1. The molecule has 0 spiro atoms. The number of aromatic hydroxyl groups is 1. The Morgan fingerprint density at radius 3 is 1.62 bits per heavy atom. The van der Waals surface area contributed by atoms with Gasteiger partial charge in [-0.1, -0.05) is 23.2 Å². The van der Waals surface area contributed by atoms with E-state index in [9.17, 15) is 14.7 Å². The topological polar surface area (TPSA) is 165 Å². The fourth-order valence-electron chi connectivity index (χ4n) is 2.72. The highest BCUT2D eigenvalue weighted by Gasteiger charge is 2.17. The molecule has 2 rings (SSSR count). The normalized spacial score (nSPS) is 10.8. The average molecular weight is 700 g/mol. The maximum absolute atomic E-state index is 11.7. The van der Waals surface area contributed by atoms with E-state index in [1.165, 1.54) is 12.1 Å². The summed E-state index contributed by atoms with van der Waals surface area (Å²) >= 11 is 16.9. The number of carbonyl (C=O) groups is 2. The molecular formula is C30H45Cl3N2O10. The Hall–Kier alpha value is -2.71. The Kier molecular flexibility index (Phi) is 21.4. The van der Waals surface area contributed by atoms with Crippen LogP contribution in [0.4, 0.5) is 21.0 Å². The fourth-order valence-corrected chi connectivity index (χ4v) is 3.12. The van der Waals surface area contributed by atoms with Crippen LogP contribution in [-0.4, -0.2) is 90.8 Å². The van der Waals surface area contributed by atoms with E-state index in [4.69, 9.17) is 68.7 Å². The van der Waals surface area contributed by atoms with Crippen LogP contribution in [0.1, 0.15) is 41.5 Å². The number of ether oxygens (including phenoxy) is 5. The zero-order valence-corrected chi connectivity index (χ0v) is 28.7. The van der Waals surface area contributed by atoms with Crippen LogP contribution in [0.2, 0.25) is 10.0 Å². The minimum Gasteiger partial charge on any atom is -0.506 e. The van der Waals surface area contributed by atoms with Gasteiger partial charge in [-0.2, -0.15) is 0 Å². The van der Waals surface area contributed by atoms with E-state index in [1.807, 2.05) is 0 Å². The summed E-state index contributed by atoms with van der Waals surface area (Å²) in [7, 11) is 0. The molecule has 45 heavy (non-hydrogen) atoms. The van der Waals surface area contributed by atoms with E-state index in [-0.39, 0.29) is 37.2 Å². The molecule has 5 N–H and O–H groups in total. The summed E-state index contributed by atoms with van der Waals surface area (Å²) in [6.07, 6.45) is -1.12. The molecule has 256 valence electrons. The van der Waals surface area contributed by atoms with Gasteiger partial charge in [-0.25, -0.2) is 9.59 Å². The second-order valence-corrected chi connectivity index (χ2v) is 12.0. The number of halogens is 3. The van der Waals surface area contributed by atoms with Crippen molar-refractivity contribution in [3.63, 3.8) is 0 Å². The number of nitrogens with one attached hydrogen (secondary N) is 2. The molecule has 0 aliphatic carbocycles. The van der Waals surface area contributed by atoms with Crippen LogP contribution in [-0.2, 0) is 18.9 Å². The van der Waals surface area contributed by atoms with Crippen LogP contribution < -0.4 is 15.4 Å². The summed E-state index contributed by atoms with van der Waals surface area (Å²) in [5.41, 5.74) is -0.181. The van der Waals surface area contributed by atoms with Crippen molar-refractivity contribution in [2.24, 2.45) is 0 Å². The van der Waals surface area contributed by atoms with Crippen molar-refractivity contribution in [3.05, 3.63) is 46.4 Å². The van der Waals surface area contributed by atoms with E-state index in [0.29, 0.717) is 47.8 Å². The first-order chi connectivity index (χ1) is 21.0. The maximum Gasteiger partial charge on any atom is 0.412 e.